The van der Waals surface area contributed by atoms with Gasteiger partial charge in [0.15, 0.2) is 0 Å². The molecule has 0 aliphatic heterocycles. The minimum absolute atomic E-state index is 0.557. The van der Waals surface area contributed by atoms with Gasteiger partial charge in [-0.3, -0.25) is 0 Å². The number of hydrogen-bond acceptors (Lipinski definition) is 2. The van der Waals surface area contributed by atoms with Gasteiger partial charge in [-0.05, 0) is 54.2 Å². The molecule has 1 unspecified atom stereocenters. The highest BCUT2D eigenvalue weighted by Gasteiger charge is 2.18. The Morgan fingerprint density at radius 2 is 2.11 bits per heavy atom. The van der Waals surface area contributed by atoms with Crippen molar-refractivity contribution in [1.82, 2.24) is 5.32 Å². The third kappa shape index (κ3) is 4.57. The summed E-state index contributed by atoms with van der Waals surface area (Å²) < 4.78 is 1.27. The average Bonchev–Trinajstić information content (AvgIpc) is 2.76. The zero-order valence-electron chi connectivity index (χ0n) is 12.2. The molecule has 3 heteroatoms. The lowest BCUT2D eigenvalue weighted by Crippen LogP contribution is -2.21. The zero-order valence-corrected chi connectivity index (χ0v) is 14.6. The first-order valence-electron chi connectivity index (χ1n) is 7.70. The van der Waals surface area contributed by atoms with E-state index in [1.54, 1.807) is 0 Å². The van der Waals surface area contributed by atoms with E-state index in [2.05, 4.69) is 41.2 Å². The molecule has 0 spiro atoms. The maximum absolute atomic E-state index is 3.67. The smallest absolute Gasteiger partial charge is 0.0415 e. The highest BCUT2D eigenvalue weighted by Crippen LogP contribution is 2.35. The summed E-state index contributed by atoms with van der Waals surface area (Å²) in [6.07, 6.45) is 10.00. The van der Waals surface area contributed by atoms with E-state index < -0.39 is 0 Å². The van der Waals surface area contributed by atoms with Gasteiger partial charge in [0.2, 0.25) is 0 Å². The quantitative estimate of drug-likeness (QED) is 0.684. The molecule has 1 N–H and O–H groups in total. The van der Waals surface area contributed by atoms with Crippen LogP contribution in [0.5, 0.6) is 0 Å². The molecular formula is C16H26BrNS. The monoisotopic (exact) mass is 343 g/mol. The molecule has 2 rings (SSSR count). The van der Waals surface area contributed by atoms with Crippen LogP contribution in [-0.4, -0.2) is 6.54 Å². The summed E-state index contributed by atoms with van der Waals surface area (Å²) in [6, 6.07) is 2.87. The largest absolute Gasteiger partial charge is 0.310 e. The SMILES string of the molecule is CCNC(CCC1CCCCC1)c1cc(Br)c(C)s1. The van der Waals surface area contributed by atoms with Crippen molar-refractivity contribution in [3.8, 4) is 0 Å². The Balaban J connectivity index is 1.91. The maximum atomic E-state index is 3.67. The molecule has 1 aromatic rings. The Labute approximate surface area is 130 Å². The first-order chi connectivity index (χ1) is 9.20. The molecule has 1 saturated carbocycles. The van der Waals surface area contributed by atoms with Gasteiger partial charge in [-0.2, -0.15) is 0 Å². The number of hydrogen-bond donors (Lipinski definition) is 1. The fourth-order valence-corrected chi connectivity index (χ4v) is 4.79. The number of thiophene rings is 1. The summed E-state index contributed by atoms with van der Waals surface area (Å²) in [5.41, 5.74) is 0. The molecule has 1 nitrogen and oxygen atoms in total. The second kappa shape index (κ2) is 7.80. The number of aryl methyl sites for hydroxylation is 1. The summed E-state index contributed by atoms with van der Waals surface area (Å²) in [7, 11) is 0. The van der Waals surface area contributed by atoms with Crippen molar-refractivity contribution < 1.29 is 0 Å². The molecule has 0 radical (unpaired) electrons. The van der Waals surface area contributed by atoms with Crippen LogP contribution >= 0.6 is 27.3 Å². The van der Waals surface area contributed by atoms with Crippen molar-refractivity contribution >= 4 is 27.3 Å². The summed E-state index contributed by atoms with van der Waals surface area (Å²) in [6.45, 7) is 5.47. The molecule has 0 amide bonds. The lowest BCUT2D eigenvalue weighted by Gasteiger charge is -2.24. The van der Waals surface area contributed by atoms with E-state index in [4.69, 9.17) is 0 Å². The van der Waals surface area contributed by atoms with Crippen molar-refractivity contribution in [2.24, 2.45) is 5.92 Å². The van der Waals surface area contributed by atoms with Crippen molar-refractivity contribution in [3.63, 3.8) is 0 Å². The van der Waals surface area contributed by atoms with Crippen LogP contribution in [0.25, 0.3) is 0 Å². The average molecular weight is 344 g/mol. The summed E-state index contributed by atoms with van der Waals surface area (Å²) >= 11 is 5.59. The Kier molecular flexibility index (Phi) is 6.37. The van der Waals surface area contributed by atoms with Gasteiger partial charge in [-0.1, -0.05) is 39.0 Å². The molecule has 0 saturated heterocycles. The van der Waals surface area contributed by atoms with E-state index in [1.807, 2.05) is 11.3 Å². The van der Waals surface area contributed by atoms with E-state index >= 15 is 0 Å². The standard InChI is InChI=1S/C16H26BrNS/c1-3-18-15(16-11-14(17)12(2)19-16)10-9-13-7-5-4-6-8-13/h11,13,15,18H,3-10H2,1-2H3. The Morgan fingerprint density at radius 1 is 1.37 bits per heavy atom. The van der Waals surface area contributed by atoms with Crippen LogP contribution in [0, 0.1) is 12.8 Å². The molecule has 1 heterocycles. The normalized spacial score (nSPS) is 18.7. The van der Waals surface area contributed by atoms with Gasteiger partial charge in [0.05, 0.1) is 0 Å². The predicted molar refractivity (Wildman–Crippen MR) is 89.0 cm³/mol. The molecule has 1 aromatic heterocycles. The fourth-order valence-electron chi connectivity index (χ4n) is 3.12. The summed E-state index contributed by atoms with van der Waals surface area (Å²) in [5, 5.41) is 3.67. The van der Waals surface area contributed by atoms with Crippen molar-refractivity contribution in [2.45, 2.75) is 64.8 Å². The van der Waals surface area contributed by atoms with Gasteiger partial charge in [-0.15, -0.1) is 11.3 Å². The highest BCUT2D eigenvalue weighted by atomic mass is 79.9. The Bertz CT molecular complexity index is 363. The maximum Gasteiger partial charge on any atom is 0.0415 e. The van der Waals surface area contributed by atoms with E-state index in [9.17, 15) is 0 Å². The summed E-state index contributed by atoms with van der Waals surface area (Å²) in [4.78, 5) is 2.90. The van der Waals surface area contributed by atoms with E-state index in [1.165, 1.54) is 59.2 Å². The van der Waals surface area contributed by atoms with Crippen LogP contribution in [0.3, 0.4) is 0 Å². The van der Waals surface area contributed by atoms with Crippen LogP contribution in [0.1, 0.15) is 67.7 Å². The second-order valence-corrected chi connectivity index (χ2v) is 7.89. The summed E-state index contributed by atoms with van der Waals surface area (Å²) in [5.74, 6) is 0.986. The van der Waals surface area contributed by atoms with Crippen LogP contribution in [-0.2, 0) is 0 Å². The topological polar surface area (TPSA) is 12.0 Å². The van der Waals surface area contributed by atoms with Crippen LogP contribution in [0.2, 0.25) is 0 Å². The van der Waals surface area contributed by atoms with Crippen molar-refractivity contribution in [3.05, 3.63) is 20.3 Å². The molecule has 1 atom stereocenters. The van der Waals surface area contributed by atoms with E-state index in [-0.39, 0.29) is 0 Å². The molecule has 0 aromatic carbocycles. The van der Waals surface area contributed by atoms with Crippen LogP contribution < -0.4 is 5.32 Å². The fraction of sp³-hybridized carbons (Fsp3) is 0.750. The number of nitrogens with one attached hydrogen (secondary N) is 1. The van der Waals surface area contributed by atoms with E-state index in [0.717, 1.165) is 12.5 Å². The van der Waals surface area contributed by atoms with Crippen LogP contribution in [0.15, 0.2) is 10.5 Å². The zero-order chi connectivity index (χ0) is 13.7. The molecule has 19 heavy (non-hydrogen) atoms. The Hall–Kier alpha value is 0.140. The molecule has 1 aliphatic carbocycles. The predicted octanol–water partition coefficient (Wildman–Crippen LogP) is 5.83. The molecule has 0 bridgehead atoms. The highest BCUT2D eigenvalue weighted by molar-refractivity contribution is 9.10. The molecule has 1 aliphatic rings. The van der Waals surface area contributed by atoms with Gasteiger partial charge in [0.25, 0.3) is 0 Å². The minimum Gasteiger partial charge on any atom is -0.310 e. The molecular weight excluding hydrogens is 318 g/mol. The lowest BCUT2D eigenvalue weighted by molar-refractivity contribution is 0.316. The number of rotatable bonds is 6. The first kappa shape index (κ1) is 15.5. The Morgan fingerprint density at radius 3 is 2.68 bits per heavy atom. The van der Waals surface area contributed by atoms with Crippen molar-refractivity contribution in [2.75, 3.05) is 6.54 Å². The third-order valence-electron chi connectivity index (χ3n) is 4.26. The minimum atomic E-state index is 0.557. The van der Waals surface area contributed by atoms with Gasteiger partial charge in [0.1, 0.15) is 0 Å². The lowest BCUT2D eigenvalue weighted by atomic mass is 9.85. The van der Waals surface area contributed by atoms with Crippen LogP contribution in [0.4, 0.5) is 0 Å². The molecule has 1 fully saturated rings. The van der Waals surface area contributed by atoms with Gasteiger partial charge in [0, 0.05) is 20.3 Å². The second-order valence-electron chi connectivity index (χ2n) is 5.74. The molecule has 108 valence electrons. The van der Waals surface area contributed by atoms with E-state index in [0.29, 0.717) is 6.04 Å². The van der Waals surface area contributed by atoms with Gasteiger partial charge in [-0.25, -0.2) is 0 Å². The first-order valence-corrected chi connectivity index (χ1v) is 9.31. The van der Waals surface area contributed by atoms with Gasteiger partial charge < -0.3 is 5.32 Å². The third-order valence-corrected chi connectivity index (χ3v) is 6.51. The van der Waals surface area contributed by atoms with Gasteiger partial charge >= 0.3 is 0 Å². The van der Waals surface area contributed by atoms with Crippen molar-refractivity contribution in [1.29, 1.82) is 0 Å². The number of halogens is 1.